The van der Waals surface area contributed by atoms with Crippen molar-refractivity contribution in [2.75, 3.05) is 0 Å². The smallest absolute Gasteiger partial charge is 0.195 e. The van der Waals surface area contributed by atoms with E-state index in [1.165, 1.54) is 0 Å². The fraction of sp³-hybridized carbons (Fsp3) is 0.545. The number of nitrogens with zero attached hydrogens (tertiary/aromatic N) is 4. The Morgan fingerprint density at radius 1 is 1.47 bits per heavy atom. The highest BCUT2D eigenvalue weighted by Gasteiger charge is 2.10. The Morgan fingerprint density at radius 3 is 2.82 bits per heavy atom. The minimum absolute atomic E-state index is 0.365. The van der Waals surface area contributed by atoms with E-state index in [0.717, 1.165) is 24.6 Å². The predicted molar refractivity (Wildman–Crippen MR) is 68.4 cm³/mol. The molecule has 0 spiro atoms. The summed E-state index contributed by atoms with van der Waals surface area (Å²) in [6.07, 6.45) is 4.62. The normalized spacial score (nSPS) is 11.3. The molecule has 0 unspecified atom stereocenters. The van der Waals surface area contributed by atoms with Gasteiger partial charge in [-0.2, -0.15) is 5.10 Å². The van der Waals surface area contributed by atoms with Crippen molar-refractivity contribution in [3.63, 3.8) is 0 Å². The summed E-state index contributed by atoms with van der Waals surface area (Å²) in [6, 6.07) is 0. The van der Waals surface area contributed by atoms with Gasteiger partial charge < -0.3 is 9.13 Å². The van der Waals surface area contributed by atoms with Crippen LogP contribution in [0.1, 0.15) is 31.4 Å². The summed E-state index contributed by atoms with van der Waals surface area (Å²) in [4.78, 5) is 4.30. The van der Waals surface area contributed by atoms with E-state index in [1.807, 2.05) is 24.0 Å². The van der Waals surface area contributed by atoms with Crippen molar-refractivity contribution in [1.82, 2.24) is 24.3 Å². The summed E-state index contributed by atoms with van der Waals surface area (Å²) in [7, 11) is 2.00. The monoisotopic (exact) mass is 251 g/mol. The van der Waals surface area contributed by atoms with Crippen molar-refractivity contribution in [3.05, 3.63) is 28.8 Å². The number of hydrogen-bond donors (Lipinski definition) is 1. The first kappa shape index (κ1) is 12.0. The Balaban J connectivity index is 2.17. The van der Waals surface area contributed by atoms with Crippen LogP contribution in [0.3, 0.4) is 0 Å². The van der Waals surface area contributed by atoms with Gasteiger partial charge in [0.05, 0.1) is 0 Å². The lowest BCUT2D eigenvalue weighted by atomic mass is 10.2. The van der Waals surface area contributed by atoms with Gasteiger partial charge in [-0.1, -0.05) is 13.8 Å². The average molecular weight is 251 g/mol. The summed E-state index contributed by atoms with van der Waals surface area (Å²) in [5.74, 6) is 2.43. The van der Waals surface area contributed by atoms with Gasteiger partial charge in [-0.15, -0.1) is 0 Å². The van der Waals surface area contributed by atoms with E-state index in [9.17, 15) is 0 Å². The second-order valence-corrected chi connectivity index (χ2v) is 4.78. The molecule has 92 valence electrons. The Bertz CT molecular complexity index is 548. The highest BCUT2D eigenvalue weighted by molar-refractivity contribution is 7.71. The summed E-state index contributed by atoms with van der Waals surface area (Å²) < 4.78 is 4.76. The molecule has 2 rings (SSSR count). The van der Waals surface area contributed by atoms with Gasteiger partial charge in [0.25, 0.3) is 0 Å². The lowest BCUT2D eigenvalue weighted by Gasteiger charge is -2.08. The molecular formula is C11H17N5S. The minimum atomic E-state index is 0.365. The molecule has 2 heterocycles. The number of H-pyrrole nitrogens is 1. The number of imidazole rings is 1. The molecule has 0 saturated carbocycles. The molecule has 1 N–H and O–H groups in total. The highest BCUT2D eigenvalue weighted by Crippen LogP contribution is 2.12. The first-order valence-corrected chi connectivity index (χ1v) is 6.11. The van der Waals surface area contributed by atoms with Crippen molar-refractivity contribution >= 4 is 12.2 Å². The summed E-state index contributed by atoms with van der Waals surface area (Å²) in [5.41, 5.74) is 0. The molecule has 2 aromatic heterocycles. The quantitative estimate of drug-likeness (QED) is 0.846. The maximum atomic E-state index is 5.24. The number of aromatic nitrogens is 5. The zero-order chi connectivity index (χ0) is 12.4. The van der Waals surface area contributed by atoms with E-state index < -0.39 is 0 Å². The minimum Gasteiger partial charge on any atom is -0.338 e. The van der Waals surface area contributed by atoms with Gasteiger partial charge in [-0.3, -0.25) is 5.10 Å². The molecule has 0 fully saturated rings. The third-order valence-corrected chi connectivity index (χ3v) is 3.10. The van der Waals surface area contributed by atoms with Crippen LogP contribution in [0, 0.1) is 4.77 Å². The molecule has 2 aromatic rings. The van der Waals surface area contributed by atoms with Gasteiger partial charge in [-0.05, 0) is 12.2 Å². The third-order valence-electron chi connectivity index (χ3n) is 2.78. The number of hydrogen-bond acceptors (Lipinski definition) is 3. The van der Waals surface area contributed by atoms with E-state index in [1.54, 1.807) is 0 Å². The van der Waals surface area contributed by atoms with Gasteiger partial charge in [0.1, 0.15) is 11.6 Å². The lowest BCUT2D eigenvalue weighted by molar-refractivity contribution is 0.593. The van der Waals surface area contributed by atoms with Gasteiger partial charge >= 0.3 is 0 Å². The Kier molecular flexibility index (Phi) is 3.42. The molecule has 0 aliphatic heterocycles. The summed E-state index contributed by atoms with van der Waals surface area (Å²) >= 11 is 5.24. The van der Waals surface area contributed by atoms with Crippen LogP contribution in [0.4, 0.5) is 0 Å². The van der Waals surface area contributed by atoms with Crippen LogP contribution in [0.5, 0.6) is 0 Å². The molecule has 17 heavy (non-hydrogen) atoms. The lowest BCUT2D eigenvalue weighted by Crippen LogP contribution is -2.10. The van der Waals surface area contributed by atoms with Crippen molar-refractivity contribution in [3.8, 4) is 0 Å². The standard InChI is InChI=1S/C11H17N5S/c1-8(2)10-13-14-11(17)16(10)6-4-9-12-5-7-15(9)3/h5,7-8H,4,6H2,1-3H3,(H,14,17). The largest absolute Gasteiger partial charge is 0.338 e. The second kappa shape index (κ2) is 4.83. The first-order valence-electron chi connectivity index (χ1n) is 5.71. The zero-order valence-corrected chi connectivity index (χ0v) is 11.2. The zero-order valence-electron chi connectivity index (χ0n) is 10.3. The van der Waals surface area contributed by atoms with E-state index in [0.29, 0.717) is 10.7 Å². The third kappa shape index (κ3) is 2.46. The van der Waals surface area contributed by atoms with Crippen LogP contribution >= 0.6 is 12.2 Å². The van der Waals surface area contributed by atoms with E-state index in [-0.39, 0.29) is 0 Å². The topological polar surface area (TPSA) is 51.4 Å². The van der Waals surface area contributed by atoms with Crippen LogP contribution in [-0.4, -0.2) is 24.3 Å². The van der Waals surface area contributed by atoms with Crippen LogP contribution in [0.2, 0.25) is 0 Å². The van der Waals surface area contributed by atoms with Crippen LogP contribution < -0.4 is 0 Å². The Hall–Kier alpha value is -1.43. The van der Waals surface area contributed by atoms with Gasteiger partial charge in [-0.25, -0.2) is 4.98 Å². The number of aryl methyl sites for hydroxylation is 2. The van der Waals surface area contributed by atoms with E-state index >= 15 is 0 Å². The molecule has 6 heteroatoms. The molecule has 0 radical (unpaired) electrons. The molecule has 0 aliphatic carbocycles. The van der Waals surface area contributed by atoms with Gasteiger partial charge in [0, 0.05) is 38.3 Å². The molecular weight excluding hydrogens is 234 g/mol. The Labute approximate surface area is 106 Å². The molecule has 0 atom stereocenters. The van der Waals surface area contributed by atoms with Crippen LogP contribution in [0.15, 0.2) is 12.4 Å². The van der Waals surface area contributed by atoms with Crippen molar-refractivity contribution in [2.24, 2.45) is 7.05 Å². The molecule has 0 aromatic carbocycles. The van der Waals surface area contributed by atoms with Gasteiger partial charge in [0.2, 0.25) is 0 Å². The number of nitrogens with one attached hydrogen (secondary N) is 1. The van der Waals surface area contributed by atoms with Crippen LogP contribution in [-0.2, 0) is 20.0 Å². The van der Waals surface area contributed by atoms with E-state index in [4.69, 9.17) is 12.2 Å². The van der Waals surface area contributed by atoms with E-state index in [2.05, 4.69) is 33.6 Å². The molecule has 5 nitrogen and oxygen atoms in total. The van der Waals surface area contributed by atoms with Crippen LogP contribution in [0.25, 0.3) is 0 Å². The predicted octanol–water partition coefficient (Wildman–Crippen LogP) is 2.04. The fourth-order valence-electron chi connectivity index (χ4n) is 1.84. The summed E-state index contributed by atoms with van der Waals surface area (Å²) in [5, 5.41) is 7.11. The SMILES string of the molecule is CC(C)c1n[nH]c(=S)n1CCc1nccn1C. The fourth-order valence-corrected chi connectivity index (χ4v) is 2.07. The van der Waals surface area contributed by atoms with Crippen molar-refractivity contribution in [2.45, 2.75) is 32.7 Å². The molecule has 0 aliphatic rings. The number of aromatic amines is 1. The van der Waals surface area contributed by atoms with Crippen molar-refractivity contribution < 1.29 is 0 Å². The van der Waals surface area contributed by atoms with Gasteiger partial charge in [0.15, 0.2) is 4.77 Å². The molecule has 0 amide bonds. The average Bonchev–Trinajstić information content (AvgIpc) is 2.82. The molecule has 0 bridgehead atoms. The number of rotatable bonds is 4. The first-order chi connectivity index (χ1) is 8.09. The maximum absolute atomic E-state index is 5.24. The maximum Gasteiger partial charge on any atom is 0.195 e. The Morgan fingerprint density at radius 2 is 2.24 bits per heavy atom. The highest BCUT2D eigenvalue weighted by atomic mass is 32.1. The summed E-state index contributed by atoms with van der Waals surface area (Å²) in [6.45, 7) is 5.04. The molecule has 0 saturated heterocycles. The van der Waals surface area contributed by atoms with Crippen molar-refractivity contribution in [1.29, 1.82) is 0 Å². The second-order valence-electron chi connectivity index (χ2n) is 4.40.